The predicted octanol–water partition coefficient (Wildman–Crippen LogP) is 3.42. The Morgan fingerprint density at radius 3 is 2.75 bits per heavy atom. The summed E-state index contributed by atoms with van der Waals surface area (Å²) in [6.45, 7) is 8.49. The Bertz CT molecular complexity index is 453. The van der Waals surface area contributed by atoms with Crippen LogP contribution in [0.5, 0.6) is 0 Å². The summed E-state index contributed by atoms with van der Waals surface area (Å²) in [5, 5.41) is 19.4. The van der Waals surface area contributed by atoms with Crippen LogP contribution in [0, 0.1) is 11.8 Å². The number of aliphatic hydroxyl groups excluding tert-OH is 2. The summed E-state index contributed by atoms with van der Waals surface area (Å²) in [4.78, 5) is 12.0. The van der Waals surface area contributed by atoms with E-state index in [9.17, 15) is 9.90 Å². The van der Waals surface area contributed by atoms with Crippen LogP contribution in [-0.4, -0.2) is 40.9 Å². The number of hydrogen-bond acceptors (Lipinski definition) is 4. The van der Waals surface area contributed by atoms with E-state index in [1.807, 2.05) is 19.9 Å². The minimum absolute atomic E-state index is 0.00336. The molecule has 138 valence electrons. The summed E-state index contributed by atoms with van der Waals surface area (Å²) >= 11 is 0. The molecule has 1 aliphatic heterocycles. The number of carbonyl (C=O) groups excluding carboxylic acids is 1. The molecule has 1 rings (SSSR count). The van der Waals surface area contributed by atoms with Gasteiger partial charge in [-0.05, 0) is 56.6 Å². The highest BCUT2D eigenvalue weighted by atomic mass is 16.5. The minimum atomic E-state index is -0.582. The Hall–Kier alpha value is -0.970. The van der Waals surface area contributed by atoms with Gasteiger partial charge in [0, 0.05) is 5.92 Å². The molecule has 0 aromatic rings. The van der Waals surface area contributed by atoms with Crippen molar-refractivity contribution in [2.45, 2.75) is 71.5 Å². The molecule has 0 aromatic heterocycles. The minimum Gasteiger partial charge on any atom is -0.392 e. The van der Waals surface area contributed by atoms with Crippen LogP contribution >= 0.6 is 0 Å². The van der Waals surface area contributed by atoms with E-state index in [1.165, 1.54) is 0 Å². The molecule has 0 saturated carbocycles. The fourth-order valence-corrected chi connectivity index (χ4v) is 2.94. The molecule has 1 fully saturated rings. The molecule has 4 nitrogen and oxygen atoms in total. The van der Waals surface area contributed by atoms with E-state index in [2.05, 4.69) is 13.8 Å². The second-order valence-corrected chi connectivity index (χ2v) is 7.50. The molecular formula is C20H34O4. The molecule has 0 aromatic carbocycles. The highest BCUT2D eigenvalue weighted by Crippen LogP contribution is 2.31. The molecule has 1 saturated heterocycles. The van der Waals surface area contributed by atoms with Gasteiger partial charge in [-0.2, -0.15) is 0 Å². The number of ketones is 1. The molecular weight excluding hydrogens is 304 g/mol. The van der Waals surface area contributed by atoms with Gasteiger partial charge in [-0.25, -0.2) is 0 Å². The average Bonchev–Trinajstić information content (AvgIpc) is 2.66. The van der Waals surface area contributed by atoms with Crippen LogP contribution in [0.2, 0.25) is 0 Å². The Labute approximate surface area is 146 Å². The highest BCUT2D eigenvalue weighted by Gasteiger charge is 2.35. The lowest BCUT2D eigenvalue weighted by molar-refractivity contribution is -0.118. The second kappa shape index (κ2) is 10.1. The molecule has 0 bridgehead atoms. The van der Waals surface area contributed by atoms with Gasteiger partial charge < -0.3 is 14.9 Å². The molecule has 0 amide bonds. The Morgan fingerprint density at radius 2 is 2.12 bits per heavy atom. The maximum Gasteiger partial charge on any atom is 0.158 e. The van der Waals surface area contributed by atoms with Gasteiger partial charge in [0.15, 0.2) is 5.78 Å². The SMILES string of the molecule is CC(C)/C=C/C(=O)C(C)CCCC1(C)OC/C(=C/CO)CC[C@H]1O. The summed E-state index contributed by atoms with van der Waals surface area (Å²) in [6, 6.07) is 0. The zero-order chi connectivity index (χ0) is 18.2. The van der Waals surface area contributed by atoms with Crippen molar-refractivity contribution in [2.75, 3.05) is 13.2 Å². The van der Waals surface area contributed by atoms with E-state index in [0.717, 1.165) is 31.3 Å². The second-order valence-electron chi connectivity index (χ2n) is 7.50. The topological polar surface area (TPSA) is 66.8 Å². The van der Waals surface area contributed by atoms with Crippen molar-refractivity contribution in [1.82, 2.24) is 0 Å². The molecule has 1 heterocycles. The maximum atomic E-state index is 12.0. The maximum absolute atomic E-state index is 12.0. The van der Waals surface area contributed by atoms with Crippen molar-refractivity contribution in [2.24, 2.45) is 11.8 Å². The van der Waals surface area contributed by atoms with Gasteiger partial charge in [-0.15, -0.1) is 0 Å². The molecule has 0 aliphatic carbocycles. The van der Waals surface area contributed by atoms with E-state index in [-0.39, 0.29) is 18.3 Å². The first-order valence-electron chi connectivity index (χ1n) is 9.11. The van der Waals surface area contributed by atoms with Gasteiger partial charge in [-0.1, -0.05) is 32.9 Å². The number of ether oxygens (including phenoxy) is 1. The Kier molecular flexibility index (Phi) is 8.88. The van der Waals surface area contributed by atoms with Crippen LogP contribution in [0.3, 0.4) is 0 Å². The van der Waals surface area contributed by atoms with Gasteiger partial charge in [0.25, 0.3) is 0 Å². The lowest BCUT2D eigenvalue weighted by atomic mass is 9.87. The number of rotatable bonds is 8. The smallest absolute Gasteiger partial charge is 0.158 e. The van der Waals surface area contributed by atoms with Crippen LogP contribution in [0.15, 0.2) is 23.8 Å². The zero-order valence-corrected chi connectivity index (χ0v) is 15.6. The van der Waals surface area contributed by atoms with Crippen LogP contribution in [0.4, 0.5) is 0 Å². The predicted molar refractivity (Wildman–Crippen MR) is 96.8 cm³/mol. The largest absolute Gasteiger partial charge is 0.392 e. The summed E-state index contributed by atoms with van der Waals surface area (Å²) in [5.41, 5.74) is 0.462. The van der Waals surface area contributed by atoms with Crippen molar-refractivity contribution in [3.8, 4) is 0 Å². The number of carbonyl (C=O) groups is 1. The van der Waals surface area contributed by atoms with Gasteiger partial charge in [0.05, 0.1) is 24.9 Å². The van der Waals surface area contributed by atoms with Gasteiger partial charge >= 0.3 is 0 Å². The molecule has 0 spiro atoms. The first-order valence-corrected chi connectivity index (χ1v) is 9.11. The van der Waals surface area contributed by atoms with Crippen LogP contribution in [0.1, 0.15) is 59.8 Å². The average molecular weight is 338 g/mol. The van der Waals surface area contributed by atoms with Crippen molar-refractivity contribution < 1.29 is 19.7 Å². The van der Waals surface area contributed by atoms with Gasteiger partial charge in [0.1, 0.15) is 0 Å². The standard InChI is InChI=1S/C20H34O4/c1-15(2)7-9-18(22)16(3)6-5-12-20(4)19(23)10-8-17(11-13-21)14-24-20/h7,9,11,15-16,19,21,23H,5-6,8,10,12-14H2,1-4H3/b9-7+,17-11+/t16?,19-,20?/m1/s1. The molecule has 24 heavy (non-hydrogen) atoms. The number of aliphatic hydroxyl groups is 2. The van der Waals surface area contributed by atoms with E-state index >= 15 is 0 Å². The quantitative estimate of drug-likeness (QED) is 0.526. The third-order valence-electron chi connectivity index (χ3n) is 4.85. The Morgan fingerprint density at radius 1 is 1.42 bits per heavy atom. The first-order chi connectivity index (χ1) is 11.3. The molecule has 4 heteroatoms. The lowest BCUT2D eigenvalue weighted by Crippen LogP contribution is -2.41. The normalized spacial score (nSPS) is 28.5. The van der Waals surface area contributed by atoms with Crippen molar-refractivity contribution in [1.29, 1.82) is 0 Å². The molecule has 2 unspecified atom stereocenters. The Balaban J connectivity index is 2.50. The first kappa shape index (κ1) is 21.1. The van der Waals surface area contributed by atoms with E-state index in [0.29, 0.717) is 18.9 Å². The molecule has 2 N–H and O–H groups in total. The highest BCUT2D eigenvalue weighted by molar-refractivity contribution is 5.91. The van der Waals surface area contributed by atoms with Crippen molar-refractivity contribution in [3.63, 3.8) is 0 Å². The van der Waals surface area contributed by atoms with Gasteiger partial charge in [0.2, 0.25) is 0 Å². The molecule has 1 aliphatic rings. The van der Waals surface area contributed by atoms with Crippen molar-refractivity contribution in [3.05, 3.63) is 23.8 Å². The van der Waals surface area contributed by atoms with Gasteiger partial charge in [-0.3, -0.25) is 4.79 Å². The number of hydrogen-bond donors (Lipinski definition) is 2. The summed E-state index contributed by atoms with van der Waals surface area (Å²) < 4.78 is 5.96. The fraction of sp³-hybridized carbons (Fsp3) is 0.750. The summed E-state index contributed by atoms with van der Waals surface area (Å²) in [5.74, 6) is 0.552. The van der Waals surface area contributed by atoms with E-state index < -0.39 is 11.7 Å². The molecule has 0 radical (unpaired) electrons. The van der Waals surface area contributed by atoms with Crippen LogP contribution in [-0.2, 0) is 9.53 Å². The third kappa shape index (κ3) is 6.88. The van der Waals surface area contributed by atoms with Crippen LogP contribution < -0.4 is 0 Å². The lowest BCUT2D eigenvalue weighted by Gasteiger charge is -2.33. The molecule has 3 atom stereocenters. The number of allylic oxidation sites excluding steroid dienone is 2. The fourth-order valence-electron chi connectivity index (χ4n) is 2.94. The van der Waals surface area contributed by atoms with E-state index in [4.69, 9.17) is 9.84 Å². The summed E-state index contributed by atoms with van der Waals surface area (Å²) in [7, 11) is 0. The monoisotopic (exact) mass is 338 g/mol. The van der Waals surface area contributed by atoms with Crippen molar-refractivity contribution >= 4 is 5.78 Å². The van der Waals surface area contributed by atoms with E-state index in [1.54, 1.807) is 12.2 Å². The zero-order valence-electron chi connectivity index (χ0n) is 15.6. The van der Waals surface area contributed by atoms with Crippen LogP contribution in [0.25, 0.3) is 0 Å². The third-order valence-corrected chi connectivity index (χ3v) is 4.85. The summed E-state index contributed by atoms with van der Waals surface area (Å²) in [6.07, 6.45) is 8.65.